The van der Waals surface area contributed by atoms with E-state index in [0.717, 1.165) is 0 Å². The molecule has 4 aromatic rings. The van der Waals surface area contributed by atoms with Gasteiger partial charge in [-0.15, -0.1) is 0 Å². The fourth-order valence-electron chi connectivity index (χ4n) is 1.92. The molecule has 0 unspecified atom stereocenters. The van der Waals surface area contributed by atoms with Crippen molar-refractivity contribution >= 4 is 22.4 Å². The molecule has 0 aliphatic heterocycles. The lowest BCUT2D eigenvalue weighted by molar-refractivity contribution is 1.62. The normalized spacial score (nSPS) is 20.0. The van der Waals surface area contributed by atoms with E-state index in [0.29, 0.717) is 0 Å². The van der Waals surface area contributed by atoms with Gasteiger partial charge in [0, 0.05) is 5.02 Å². The zero-order chi connectivity index (χ0) is 28.7. The van der Waals surface area contributed by atoms with Gasteiger partial charge in [-0.05, 0) is 57.2 Å². The van der Waals surface area contributed by atoms with E-state index in [1.165, 1.54) is 0 Å². The first kappa shape index (κ1) is 5.22. The van der Waals surface area contributed by atoms with Gasteiger partial charge in [-0.3, -0.25) is 0 Å². The molecule has 0 nitrogen and oxygen atoms in total. The number of benzene rings is 4. The molecule has 0 saturated heterocycles. The Balaban J connectivity index is 2.29. The summed E-state index contributed by atoms with van der Waals surface area (Å²) < 4.78 is 124. The topological polar surface area (TPSA) is 0 Å². The summed E-state index contributed by atoms with van der Waals surface area (Å²) in [5.41, 5.74) is -2.19. The van der Waals surface area contributed by atoms with Crippen molar-refractivity contribution in [3.8, 4) is 22.3 Å². The maximum absolute atomic E-state index is 8.81. The molecule has 0 bridgehead atoms. The van der Waals surface area contributed by atoms with E-state index in [9.17, 15) is 0 Å². The van der Waals surface area contributed by atoms with Crippen LogP contribution in [0.1, 0.15) is 20.6 Å². The molecular formula is C22H15Cl. The van der Waals surface area contributed by atoms with Gasteiger partial charge in [0.05, 0.1) is 20.6 Å². The third-order valence-corrected chi connectivity index (χ3v) is 3.16. The first-order chi connectivity index (χ1) is 17.6. The number of halogens is 1. The standard InChI is InChI=1S/C22H15Cl/c23-22-12-10-17(11-13-22)20-9-7-18-6-8-19(14-21(18)15-20)16-4-2-1-3-5-16/h1-15H/i1D,2D,3D,4D,5D,6D,7D,8D,9D,10D,11D,12D,13D,14D,15D. The van der Waals surface area contributed by atoms with Crippen LogP contribution in [0, 0.1) is 0 Å². The quantitative estimate of drug-likeness (QED) is 0.378. The van der Waals surface area contributed by atoms with Crippen molar-refractivity contribution in [2.45, 2.75) is 0 Å². The number of fused-ring (bicyclic) bond motifs is 1. The van der Waals surface area contributed by atoms with E-state index in [1.807, 2.05) is 0 Å². The number of hydrogen-bond acceptors (Lipinski definition) is 0. The van der Waals surface area contributed by atoms with E-state index in [2.05, 4.69) is 0 Å². The van der Waals surface area contributed by atoms with Gasteiger partial charge >= 0.3 is 0 Å². The number of hydrogen-bond donors (Lipinski definition) is 0. The average Bonchev–Trinajstić information content (AvgIpc) is 2.88. The van der Waals surface area contributed by atoms with Crippen LogP contribution in [0.15, 0.2) is 90.6 Å². The molecule has 0 aliphatic rings. The van der Waals surface area contributed by atoms with Crippen LogP contribution in [0.5, 0.6) is 0 Å². The minimum Gasteiger partial charge on any atom is -0.0843 e. The molecule has 0 N–H and O–H groups in total. The Morgan fingerprint density at radius 2 is 1.04 bits per heavy atom. The molecule has 0 saturated carbocycles. The van der Waals surface area contributed by atoms with Gasteiger partial charge in [0.25, 0.3) is 0 Å². The molecule has 23 heavy (non-hydrogen) atoms. The second-order valence-corrected chi connectivity index (χ2v) is 4.82. The van der Waals surface area contributed by atoms with Crippen molar-refractivity contribution in [1.29, 1.82) is 0 Å². The maximum Gasteiger partial charge on any atom is 0.0639 e. The third kappa shape index (κ3) is 2.86. The molecule has 1 heteroatoms. The molecule has 0 amide bonds. The van der Waals surface area contributed by atoms with Gasteiger partial charge in [0.15, 0.2) is 0 Å². The molecular weight excluding hydrogens is 300 g/mol. The van der Waals surface area contributed by atoms with E-state index < -0.39 is 129 Å². The molecule has 0 spiro atoms. The lowest BCUT2D eigenvalue weighted by atomic mass is 9.98. The molecule has 0 radical (unpaired) electrons. The first-order valence-corrected chi connectivity index (χ1v) is 6.82. The molecule has 4 aromatic carbocycles. The van der Waals surface area contributed by atoms with Gasteiger partial charge < -0.3 is 0 Å². The second-order valence-electron chi connectivity index (χ2n) is 4.44. The SMILES string of the molecule is [2H]c1c([2H])c([2H])c(-c2c([2H])c([2H])c3c([2H])c([2H])c(-c4c([2H])c([2H])c(Cl)c([2H])c4[2H])c([2H])c3c2[2H])c([2H])c1[2H]. The Morgan fingerprint density at radius 3 is 1.65 bits per heavy atom. The largest absolute Gasteiger partial charge is 0.0843 e. The minimum atomic E-state index is -0.753. The summed E-state index contributed by atoms with van der Waals surface area (Å²) in [5.74, 6) is 0. The van der Waals surface area contributed by atoms with E-state index in [1.54, 1.807) is 0 Å². The van der Waals surface area contributed by atoms with Gasteiger partial charge in [-0.2, -0.15) is 0 Å². The summed E-state index contributed by atoms with van der Waals surface area (Å²) in [4.78, 5) is 0. The van der Waals surface area contributed by atoms with Gasteiger partial charge in [0.1, 0.15) is 0 Å². The van der Waals surface area contributed by atoms with Gasteiger partial charge in [-0.1, -0.05) is 78.1 Å². The average molecular weight is 330 g/mol. The highest BCUT2D eigenvalue weighted by Gasteiger charge is 2.03. The van der Waals surface area contributed by atoms with Gasteiger partial charge in [0.2, 0.25) is 0 Å². The van der Waals surface area contributed by atoms with Crippen LogP contribution in [0.2, 0.25) is 5.02 Å². The van der Waals surface area contributed by atoms with Crippen molar-refractivity contribution in [1.82, 2.24) is 0 Å². The Kier molecular flexibility index (Phi) is 1.34. The molecule has 0 aromatic heterocycles. The highest BCUT2D eigenvalue weighted by Crippen LogP contribution is 2.29. The highest BCUT2D eigenvalue weighted by molar-refractivity contribution is 6.30. The van der Waals surface area contributed by atoms with Crippen LogP contribution >= 0.6 is 11.6 Å². The predicted molar refractivity (Wildman–Crippen MR) is 99.8 cm³/mol. The van der Waals surface area contributed by atoms with Crippen molar-refractivity contribution in [2.75, 3.05) is 0 Å². The van der Waals surface area contributed by atoms with Crippen LogP contribution < -0.4 is 0 Å². The summed E-state index contributed by atoms with van der Waals surface area (Å²) >= 11 is 5.87. The molecule has 0 atom stereocenters. The van der Waals surface area contributed by atoms with Crippen LogP contribution in [0.3, 0.4) is 0 Å². The van der Waals surface area contributed by atoms with E-state index in [-0.39, 0.29) is 0 Å². The highest BCUT2D eigenvalue weighted by atomic mass is 35.5. The van der Waals surface area contributed by atoms with Gasteiger partial charge in [-0.25, -0.2) is 0 Å². The Bertz CT molecular complexity index is 1550. The summed E-state index contributed by atoms with van der Waals surface area (Å²) in [6, 6.07) is -10.8. The van der Waals surface area contributed by atoms with Crippen molar-refractivity contribution in [2.24, 2.45) is 0 Å². The monoisotopic (exact) mass is 329 g/mol. The molecule has 0 fully saturated rings. The smallest absolute Gasteiger partial charge is 0.0639 e. The van der Waals surface area contributed by atoms with Crippen molar-refractivity contribution < 1.29 is 20.6 Å². The Hall–Kier alpha value is -2.57. The summed E-state index contributed by atoms with van der Waals surface area (Å²) in [6.07, 6.45) is 0. The first-order valence-electron chi connectivity index (χ1n) is 13.9. The maximum atomic E-state index is 8.81. The van der Waals surface area contributed by atoms with Crippen LogP contribution in [0.4, 0.5) is 0 Å². The molecule has 4 rings (SSSR count). The van der Waals surface area contributed by atoms with Crippen molar-refractivity contribution in [3.63, 3.8) is 0 Å². The van der Waals surface area contributed by atoms with E-state index >= 15 is 0 Å². The molecule has 0 heterocycles. The molecule has 0 aliphatic carbocycles. The summed E-state index contributed by atoms with van der Waals surface area (Å²) in [6.45, 7) is 0. The summed E-state index contributed by atoms with van der Waals surface area (Å²) in [5, 5.41) is -1.44. The summed E-state index contributed by atoms with van der Waals surface area (Å²) in [7, 11) is 0. The zero-order valence-corrected chi connectivity index (χ0v) is 12.1. The number of rotatable bonds is 2. The lowest BCUT2D eigenvalue weighted by Crippen LogP contribution is -1.81. The predicted octanol–water partition coefficient (Wildman–Crippen LogP) is 6.83. The Labute approximate surface area is 162 Å². The zero-order valence-electron chi connectivity index (χ0n) is 26.4. The fourth-order valence-corrected chi connectivity index (χ4v) is 2.02. The second kappa shape index (κ2) is 5.91. The Morgan fingerprint density at radius 1 is 0.522 bits per heavy atom. The van der Waals surface area contributed by atoms with Crippen LogP contribution in [-0.4, -0.2) is 0 Å². The molecule has 110 valence electrons. The van der Waals surface area contributed by atoms with Crippen LogP contribution in [0.25, 0.3) is 33.0 Å². The lowest BCUT2D eigenvalue weighted by Gasteiger charge is -2.07. The minimum absolute atomic E-state index is 0.459. The van der Waals surface area contributed by atoms with Crippen LogP contribution in [-0.2, 0) is 0 Å². The fraction of sp³-hybridized carbons (Fsp3) is 0. The van der Waals surface area contributed by atoms with Crippen molar-refractivity contribution in [3.05, 3.63) is 95.7 Å². The third-order valence-electron chi connectivity index (χ3n) is 2.97. The van der Waals surface area contributed by atoms with E-state index in [4.69, 9.17) is 32.2 Å².